The molecule has 120 valence electrons. The number of nitrogens with zero attached hydrogens (tertiary/aromatic N) is 1. The zero-order chi connectivity index (χ0) is 16.2. The number of hydrogen-bond donors (Lipinski definition) is 2. The molecule has 1 aliphatic rings. The molecule has 2 aromatic rings. The fourth-order valence-corrected chi connectivity index (χ4v) is 2.61. The second-order valence-electron chi connectivity index (χ2n) is 5.62. The predicted molar refractivity (Wildman–Crippen MR) is 90.3 cm³/mol. The Bertz CT molecular complexity index is 692. The Hall–Kier alpha value is -2.53. The molecule has 1 amide bonds. The number of carbonyl (C=O) groups is 1. The van der Waals surface area contributed by atoms with Crippen molar-refractivity contribution >= 4 is 17.3 Å². The molecule has 1 fully saturated rings. The zero-order valence-electron chi connectivity index (χ0n) is 13.1. The lowest BCUT2D eigenvalue weighted by molar-refractivity contribution is 0.102. The molecule has 1 heterocycles. The van der Waals surface area contributed by atoms with Gasteiger partial charge in [0.2, 0.25) is 0 Å². The van der Waals surface area contributed by atoms with Crippen molar-refractivity contribution in [3.63, 3.8) is 0 Å². The molecule has 2 aromatic carbocycles. The van der Waals surface area contributed by atoms with Crippen LogP contribution in [0.15, 0.2) is 42.5 Å². The van der Waals surface area contributed by atoms with E-state index < -0.39 is 0 Å². The lowest BCUT2D eigenvalue weighted by Gasteiger charge is -2.28. The summed E-state index contributed by atoms with van der Waals surface area (Å²) in [5.41, 5.74) is 3.02. The van der Waals surface area contributed by atoms with E-state index in [1.165, 1.54) is 6.07 Å². The number of rotatable bonds is 3. The summed E-state index contributed by atoms with van der Waals surface area (Å²) in [7, 11) is 0. The van der Waals surface area contributed by atoms with E-state index in [0.717, 1.165) is 37.6 Å². The number of phenolic OH excluding ortho intramolecular Hbond substituents is 1. The number of phenols is 1. The molecule has 5 heteroatoms. The van der Waals surface area contributed by atoms with Crippen molar-refractivity contribution < 1.29 is 14.6 Å². The molecule has 1 saturated heterocycles. The third-order valence-corrected chi connectivity index (χ3v) is 3.90. The first kappa shape index (κ1) is 15.4. The van der Waals surface area contributed by atoms with Gasteiger partial charge in [0.25, 0.3) is 5.91 Å². The van der Waals surface area contributed by atoms with Crippen LogP contribution < -0.4 is 10.2 Å². The van der Waals surface area contributed by atoms with E-state index in [1.54, 1.807) is 12.1 Å². The van der Waals surface area contributed by atoms with Crippen molar-refractivity contribution in [2.45, 2.75) is 6.92 Å². The molecular weight excluding hydrogens is 292 g/mol. The molecule has 0 unspecified atom stereocenters. The van der Waals surface area contributed by atoms with E-state index in [4.69, 9.17) is 4.74 Å². The summed E-state index contributed by atoms with van der Waals surface area (Å²) in [6.07, 6.45) is 0. The van der Waals surface area contributed by atoms with Gasteiger partial charge in [-0.05, 0) is 43.3 Å². The predicted octanol–water partition coefficient (Wildman–Crippen LogP) is 2.79. The number of carbonyl (C=O) groups excluding carboxylic acids is 1. The second kappa shape index (κ2) is 6.71. The Morgan fingerprint density at radius 1 is 1.13 bits per heavy atom. The maximum absolute atomic E-state index is 12.3. The van der Waals surface area contributed by atoms with E-state index >= 15 is 0 Å². The van der Waals surface area contributed by atoms with E-state index in [2.05, 4.69) is 10.2 Å². The summed E-state index contributed by atoms with van der Waals surface area (Å²) in [6.45, 7) is 5.12. The molecule has 3 rings (SSSR count). The van der Waals surface area contributed by atoms with Gasteiger partial charge in [-0.3, -0.25) is 4.79 Å². The SMILES string of the molecule is Cc1ccc(O)c(C(=O)Nc2ccc(N3CCOCC3)cc2)c1. The van der Waals surface area contributed by atoms with Gasteiger partial charge in [0, 0.05) is 24.5 Å². The minimum atomic E-state index is -0.315. The lowest BCUT2D eigenvalue weighted by Crippen LogP contribution is -2.36. The van der Waals surface area contributed by atoms with Crippen molar-refractivity contribution in [2.75, 3.05) is 36.5 Å². The number of hydrogen-bond acceptors (Lipinski definition) is 4. The van der Waals surface area contributed by atoms with Gasteiger partial charge in [0.15, 0.2) is 0 Å². The van der Waals surface area contributed by atoms with Crippen molar-refractivity contribution in [2.24, 2.45) is 0 Å². The average molecular weight is 312 g/mol. The highest BCUT2D eigenvalue weighted by molar-refractivity contribution is 6.06. The third kappa shape index (κ3) is 3.63. The molecule has 0 aliphatic carbocycles. The van der Waals surface area contributed by atoms with Crippen LogP contribution in [-0.2, 0) is 4.74 Å². The van der Waals surface area contributed by atoms with E-state index in [9.17, 15) is 9.90 Å². The maximum Gasteiger partial charge on any atom is 0.259 e. The van der Waals surface area contributed by atoms with Crippen molar-refractivity contribution in [3.8, 4) is 5.75 Å². The van der Waals surface area contributed by atoms with Gasteiger partial charge in [-0.1, -0.05) is 11.6 Å². The summed E-state index contributed by atoms with van der Waals surface area (Å²) in [5, 5.41) is 12.6. The summed E-state index contributed by atoms with van der Waals surface area (Å²) in [4.78, 5) is 14.5. The number of benzene rings is 2. The molecule has 5 nitrogen and oxygen atoms in total. The fraction of sp³-hybridized carbons (Fsp3) is 0.278. The van der Waals surface area contributed by atoms with Gasteiger partial charge >= 0.3 is 0 Å². The van der Waals surface area contributed by atoms with Crippen LogP contribution in [0, 0.1) is 6.92 Å². The Labute approximate surface area is 135 Å². The number of nitrogens with one attached hydrogen (secondary N) is 1. The summed E-state index contributed by atoms with van der Waals surface area (Å²) >= 11 is 0. The number of aromatic hydroxyl groups is 1. The molecular formula is C18H20N2O3. The normalized spacial score (nSPS) is 14.6. The Morgan fingerprint density at radius 3 is 2.52 bits per heavy atom. The van der Waals surface area contributed by atoms with Gasteiger partial charge in [-0.15, -0.1) is 0 Å². The Kier molecular flexibility index (Phi) is 4.48. The van der Waals surface area contributed by atoms with Crippen LogP contribution in [0.3, 0.4) is 0 Å². The van der Waals surface area contributed by atoms with Crippen molar-refractivity contribution in [3.05, 3.63) is 53.6 Å². The van der Waals surface area contributed by atoms with Crippen LogP contribution >= 0.6 is 0 Å². The minimum absolute atomic E-state index is 0.0157. The number of aryl methyl sites for hydroxylation is 1. The highest BCUT2D eigenvalue weighted by Gasteiger charge is 2.13. The topological polar surface area (TPSA) is 61.8 Å². The first-order valence-corrected chi connectivity index (χ1v) is 7.67. The summed E-state index contributed by atoms with van der Waals surface area (Å²) in [5.74, 6) is -0.330. The van der Waals surface area contributed by atoms with Gasteiger partial charge in [-0.25, -0.2) is 0 Å². The zero-order valence-corrected chi connectivity index (χ0v) is 13.1. The molecule has 23 heavy (non-hydrogen) atoms. The average Bonchev–Trinajstić information content (AvgIpc) is 2.58. The van der Waals surface area contributed by atoms with Crippen LogP contribution in [0.1, 0.15) is 15.9 Å². The number of anilines is 2. The molecule has 0 atom stereocenters. The summed E-state index contributed by atoms with van der Waals surface area (Å²) in [6, 6.07) is 12.7. The molecule has 0 radical (unpaired) electrons. The van der Waals surface area contributed by atoms with Crippen LogP contribution in [-0.4, -0.2) is 37.3 Å². The molecule has 1 aliphatic heterocycles. The van der Waals surface area contributed by atoms with Crippen molar-refractivity contribution in [1.82, 2.24) is 0 Å². The molecule has 0 saturated carbocycles. The molecule has 0 aromatic heterocycles. The largest absolute Gasteiger partial charge is 0.507 e. The van der Waals surface area contributed by atoms with E-state index in [1.807, 2.05) is 31.2 Å². The smallest absolute Gasteiger partial charge is 0.259 e. The monoisotopic (exact) mass is 312 g/mol. The van der Waals surface area contributed by atoms with Crippen LogP contribution in [0.2, 0.25) is 0 Å². The molecule has 0 bridgehead atoms. The van der Waals surface area contributed by atoms with Gasteiger partial charge in [0.1, 0.15) is 5.75 Å². The Balaban J connectivity index is 1.70. The number of amides is 1. The summed E-state index contributed by atoms with van der Waals surface area (Å²) < 4.78 is 5.35. The van der Waals surface area contributed by atoms with Gasteiger partial charge < -0.3 is 20.1 Å². The van der Waals surface area contributed by atoms with Gasteiger partial charge in [-0.2, -0.15) is 0 Å². The van der Waals surface area contributed by atoms with Crippen LogP contribution in [0.5, 0.6) is 5.75 Å². The highest BCUT2D eigenvalue weighted by atomic mass is 16.5. The van der Waals surface area contributed by atoms with Gasteiger partial charge in [0.05, 0.1) is 18.8 Å². The lowest BCUT2D eigenvalue weighted by atomic mass is 10.1. The Morgan fingerprint density at radius 2 is 1.83 bits per heavy atom. The van der Waals surface area contributed by atoms with E-state index in [-0.39, 0.29) is 17.2 Å². The second-order valence-corrected chi connectivity index (χ2v) is 5.62. The maximum atomic E-state index is 12.3. The fourth-order valence-electron chi connectivity index (χ4n) is 2.61. The highest BCUT2D eigenvalue weighted by Crippen LogP contribution is 2.22. The quantitative estimate of drug-likeness (QED) is 0.915. The first-order valence-electron chi connectivity index (χ1n) is 7.67. The van der Waals surface area contributed by atoms with Crippen LogP contribution in [0.4, 0.5) is 11.4 Å². The van der Waals surface area contributed by atoms with Crippen LogP contribution in [0.25, 0.3) is 0 Å². The third-order valence-electron chi connectivity index (χ3n) is 3.90. The van der Waals surface area contributed by atoms with Crippen molar-refractivity contribution in [1.29, 1.82) is 0 Å². The number of morpholine rings is 1. The molecule has 2 N–H and O–H groups in total. The first-order chi connectivity index (χ1) is 11.1. The standard InChI is InChI=1S/C18H20N2O3/c1-13-2-7-17(21)16(12-13)18(22)19-14-3-5-15(6-4-14)20-8-10-23-11-9-20/h2-7,12,21H,8-11H2,1H3,(H,19,22). The van der Waals surface area contributed by atoms with E-state index in [0.29, 0.717) is 5.69 Å². The number of ether oxygens (including phenoxy) is 1. The molecule has 0 spiro atoms. The minimum Gasteiger partial charge on any atom is -0.507 e.